The van der Waals surface area contributed by atoms with Gasteiger partial charge in [-0.1, -0.05) is 36.4 Å². The van der Waals surface area contributed by atoms with Crippen molar-refractivity contribution < 1.29 is 28.6 Å². The van der Waals surface area contributed by atoms with Gasteiger partial charge in [-0.05, 0) is 68.8 Å². The van der Waals surface area contributed by atoms with Crippen LogP contribution >= 0.6 is 0 Å². The van der Waals surface area contributed by atoms with Gasteiger partial charge >= 0.3 is 5.97 Å². The van der Waals surface area contributed by atoms with Crippen LogP contribution in [0.4, 0.5) is 11.4 Å². The van der Waals surface area contributed by atoms with E-state index < -0.39 is 35.5 Å². The molecular weight excluding hydrogens is 534 g/mol. The minimum absolute atomic E-state index is 0.142. The summed E-state index contributed by atoms with van der Waals surface area (Å²) in [4.78, 5) is 46.2. The summed E-state index contributed by atoms with van der Waals surface area (Å²) in [6.45, 7) is 2.62. The summed E-state index contributed by atoms with van der Waals surface area (Å²) in [5.74, 6) is -0.897. The van der Waals surface area contributed by atoms with E-state index in [1.54, 1.807) is 18.9 Å². The van der Waals surface area contributed by atoms with Crippen LogP contribution in [0, 0.1) is 11.8 Å². The van der Waals surface area contributed by atoms with Gasteiger partial charge in [-0.2, -0.15) is 0 Å². The summed E-state index contributed by atoms with van der Waals surface area (Å²) < 4.78 is 17.5. The van der Waals surface area contributed by atoms with E-state index >= 15 is 0 Å². The molecule has 3 fully saturated rings. The van der Waals surface area contributed by atoms with E-state index in [1.807, 2.05) is 78.9 Å². The fourth-order valence-electron chi connectivity index (χ4n) is 7.82. The topological polar surface area (TPSA) is 97.4 Å². The summed E-state index contributed by atoms with van der Waals surface area (Å²) in [5, 5.41) is 3.07. The Bertz CT molecular complexity index is 1530. The molecule has 42 heavy (non-hydrogen) atoms. The standard InChI is InChI=1S/C33H33N3O6/c1-3-41-31(38)27-26(25-14-9-19-35(25)33(27)23-12-7-8-13-24(23)34-32(33)39)28-29(42-22-10-5-4-6-11-22)30(37)36(28)20-15-17-21(40-2)18-16-20/h4-8,10-13,15-18,25-29H,3,9,14,19H2,1-2H3,(H,34,39)/t25?,26-,27-,28-,29+,33-/m0/s1. The van der Waals surface area contributed by atoms with Crippen molar-refractivity contribution in [2.45, 2.75) is 43.5 Å². The zero-order valence-electron chi connectivity index (χ0n) is 23.6. The number of benzene rings is 3. The SMILES string of the molecule is CCOC(=O)[C@@H]1[C@@H]([C@H]2[C@@H](Oc3ccccc3)C(=O)N2c2ccc(OC)cc2)C2CCCN2[C@]12C(=O)Nc1ccccc12. The van der Waals surface area contributed by atoms with Gasteiger partial charge < -0.3 is 24.4 Å². The number of esters is 1. The summed E-state index contributed by atoms with van der Waals surface area (Å²) in [6.07, 6.45) is 0.826. The fourth-order valence-corrected chi connectivity index (χ4v) is 7.82. The van der Waals surface area contributed by atoms with Crippen LogP contribution in [0.1, 0.15) is 25.3 Å². The van der Waals surface area contributed by atoms with Crippen LogP contribution in [0.3, 0.4) is 0 Å². The second-order valence-corrected chi connectivity index (χ2v) is 11.2. The van der Waals surface area contributed by atoms with Crippen molar-refractivity contribution in [1.29, 1.82) is 0 Å². The van der Waals surface area contributed by atoms with Gasteiger partial charge in [-0.15, -0.1) is 0 Å². The molecule has 216 valence electrons. The van der Waals surface area contributed by atoms with Gasteiger partial charge in [0.05, 0.1) is 25.7 Å². The van der Waals surface area contributed by atoms with Crippen molar-refractivity contribution in [3.05, 3.63) is 84.4 Å². The van der Waals surface area contributed by atoms with E-state index in [9.17, 15) is 14.4 Å². The third-order valence-corrected chi connectivity index (χ3v) is 9.34. The number of anilines is 2. The highest BCUT2D eigenvalue weighted by atomic mass is 16.5. The summed E-state index contributed by atoms with van der Waals surface area (Å²) in [7, 11) is 1.59. The molecule has 7 rings (SSSR count). The number of rotatable bonds is 7. The Morgan fingerprint density at radius 3 is 2.45 bits per heavy atom. The van der Waals surface area contributed by atoms with E-state index in [0.29, 0.717) is 29.4 Å². The van der Waals surface area contributed by atoms with Gasteiger partial charge in [0.15, 0.2) is 6.10 Å². The first-order chi connectivity index (χ1) is 20.5. The number of carbonyl (C=O) groups is 3. The van der Waals surface area contributed by atoms with Crippen molar-refractivity contribution in [3.8, 4) is 11.5 Å². The molecule has 1 spiro atoms. The van der Waals surface area contributed by atoms with Crippen LogP contribution < -0.4 is 19.7 Å². The average molecular weight is 568 g/mol. The highest BCUT2D eigenvalue weighted by molar-refractivity contribution is 6.10. The van der Waals surface area contributed by atoms with Gasteiger partial charge in [0.1, 0.15) is 17.0 Å². The Morgan fingerprint density at radius 1 is 0.976 bits per heavy atom. The largest absolute Gasteiger partial charge is 0.497 e. The average Bonchev–Trinajstić information content (AvgIpc) is 3.68. The molecule has 0 radical (unpaired) electrons. The lowest BCUT2D eigenvalue weighted by Gasteiger charge is -2.51. The maximum atomic E-state index is 14.2. The van der Waals surface area contributed by atoms with Gasteiger partial charge in [0, 0.05) is 28.9 Å². The molecule has 3 aromatic rings. The van der Waals surface area contributed by atoms with E-state index in [2.05, 4.69) is 10.2 Å². The van der Waals surface area contributed by atoms with Crippen LogP contribution in [0.25, 0.3) is 0 Å². The lowest BCUT2D eigenvalue weighted by atomic mass is 9.68. The molecule has 0 aromatic heterocycles. The normalized spacial score (nSPS) is 29.6. The van der Waals surface area contributed by atoms with Crippen LogP contribution in [0.15, 0.2) is 78.9 Å². The quantitative estimate of drug-likeness (QED) is 0.341. The third-order valence-electron chi connectivity index (χ3n) is 9.34. The lowest BCUT2D eigenvalue weighted by molar-refractivity contribution is -0.158. The Kier molecular flexibility index (Phi) is 6.42. The van der Waals surface area contributed by atoms with E-state index in [0.717, 1.165) is 18.4 Å². The molecule has 0 aliphatic carbocycles. The predicted molar refractivity (Wildman–Crippen MR) is 155 cm³/mol. The number of hydrogen-bond acceptors (Lipinski definition) is 7. The number of para-hydroxylation sites is 2. The van der Waals surface area contributed by atoms with Crippen molar-refractivity contribution in [3.63, 3.8) is 0 Å². The van der Waals surface area contributed by atoms with Crippen LogP contribution in [-0.2, 0) is 24.7 Å². The zero-order chi connectivity index (χ0) is 29.0. The Hall–Kier alpha value is -4.37. The number of β-lactam (4-membered cyclic amide) rings is 1. The molecular formula is C33H33N3O6. The van der Waals surface area contributed by atoms with E-state index in [1.165, 1.54) is 0 Å². The first kappa shape index (κ1) is 26.5. The number of amides is 2. The maximum Gasteiger partial charge on any atom is 0.312 e. The molecule has 1 N–H and O–H groups in total. The van der Waals surface area contributed by atoms with Crippen LogP contribution in [0.2, 0.25) is 0 Å². The van der Waals surface area contributed by atoms with Crippen molar-refractivity contribution >= 4 is 29.2 Å². The summed E-state index contributed by atoms with van der Waals surface area (Å²) >= 11 is 0. The number of hydrogen-bond donors (Lipinski definition) is 1. The number of nitrogens with one attached hydrogen (secondary N) is 1. The van der Waals surface area contributed by atoms with Gasteiger partial charge in [0.25, 0.3) is 11.8 Å². The molecule has 3 aromatic carbocycles. The number of fused-ring (bicyclic) bond motifs is 4. The summed E-state index contributed by atoms with van der Waals surface area (Å²) in [6, 6.07) is 23.5. The second-order valence-electron chi connectivity index (χ2n) is 11.2. The molecule has 0 bridgehead atoms. The predicted octanol–water partition coefficient (Wildman–Crippen LogP) is 3.98. The molecule has 4 heterocycles. The lowest BCUT2D eigenvalue weighted by Crippen LogP contribution is -2.72. The van der Waals surface area contributed by atoms with Crippen LogP contribution in [0.5, 0.6) is 11.5 Å². The first-order valence-electron chi connectivity index (χ1n) is 14.5. The molecule has 1 unspecified atom stereocenters. The van der Waals surface area contributed by atoms with Gasteiger partial charge in [-0.25, -0.2) is 0 Å². The van der Waals surface area contributed by atoms with E-state index in [-0.39, 0.29) is 24.5 Å². The second kappa shape index (κ2) is 10.2. The number of methoxy groups -OCH3 is 1. The maximum absolute atomic E-state index is 14.2. The molecule has 6 atom stereocenters. The molecule has 9 nitrogen and oxygen atoms in total. The van der Waals surface area contributed by atoms with E-state index in [4.69, 9.17) is 14.2 Å². The molecule has 3 saturated heterocycles. The highest BCUT2D eigenvalue weighted by Gasteiger charge is 2.74. The van der Waals surface area contributed by atoms with Gasteiger partial charge in [0.2, 0.25) is 0 Å². The molecule has 4 aliphatic rings. The zero-order valence-corrected chi connectivity index (χ0v) is 23.6. The Labute approximate surface area is 244 Å². The third kappa shape index (κ3) is 3.69. The Morgan fingerprint density at radius 2 is 1.71 bits per heavy atom. The highest BCUT2D eigenvalue weighted by Crippen LogP contribution is 2.60. The van der Waals surface area contributed by atoms with Crippen LogP contribution in [-0.4, -0.2) is 61.1 Å². The fraction of sp³-hybridized carbons (Fsp3) is 0.364. The van der Waals surface area contributed by atoms with Crippen molar-refractivity contribution in [2.75, 3.05) is 30.5 Å². The Balaban J connectivity index is 1.39. The first-order valence-corrected chi connectivity index (χ1v) is 14.5. The number of ether oxygens (including phenoxy) is 3. The molecule has 4 aliphatic heterocycles. The van der Waals surface area contributed by atoms with Gasteiger partial charge in [-0.3, -0.25) is 19.3 Å². The molecule has 0 saturated carbocycles. The monoisotopic (exact) mass is 567 g/mol. The molecule has 9 heteroatoms. The minimum atomic E-state index is -1.24. The smallest absolute Gasteiger partial charge is 0.312 e. The molecule has 2 amide bonds. The number of nitrogens with zero attached hydrogens (tertiary/aromatic N) is 2. The summed E-state index contributed by atoms with van der Waals surface area (Å²) in [5.41, 5.74) is 0.931. The minimum Gasteiger partial charge on any atom is -0.497 e. The number of carbonyl (C=O) groups excluding carboxylic acids is 3. The van der Waals surface area contributed by atoms with Crippen molar-refractivity contribution in [2.24, 2.45) is 11.8 Å². The van der Waals surface area contributed by atoms with Crippen molar-refractivity contribution in [1.82, 2.24) is 4.90 Å².